The molecule has 1 unspecified atom stereocenters. The summed E-state index contributed by atoms with van der Waals surface area (Å²) < 4.78 is 0. The Morgan fingerprint density at radius 2 is 1.63 bits per heavy atom. The van der Waals surface area contributed by atoms with E-state index in [1.807, 2.05) is 0 Å². The van der Waals surface area contributed by atoms with Gasteiger partial charge in [-0.2, -0.15) is 0 Å². The molecule has 0 aromatic heterocycles. The molecule has 1 aliphatic heterocycles. The van der Waals surface area contributed by atoms with Gasteiger partial charge in [0.25, 0.3) is 0 Å². The van der Waals surface area contributed by atoms with Gasteiger partial charge in [-0.15, -0.1) is 0 Å². The molecule has 6 nitrogen and oxygen atoms in total. The van der Waals surface area contributed by atoms with Crippen molar-refractivity contribution in [2.45, 2.75) is 33.1 Å². The fourth-order valence-electron chi connectivity index (χ4n) is 2.28. The Kier molecular flexibility index (Phi) is 5.79. The number of hydrogen-bond acceptors (Lipinski definition) is 3. The highest BCUT2D eigenvalue weighted by Gasteiger charge is 2.22. The predicted molar refractivity (Wildman–Crippen MR) is 69.5 cm³/mol. The quantitative estimate of drug-likeness (QED) is 0.810. The van der Waals surface area contributed by atoms with Crippen LogP contribution in [0.1, 0.15) is 33.1 Å². The standard InChI is InChI=1S/C13H22N2O4/c1-10(9-13(18)19)8-12(17)15-5-3-4-14(6-7-15)11(2)16/h10H,3-9H2,1-2H3,(H,18,19). The molecule has 108 valence electrons. The van der Waals surface area contributed by atoms with Crippen LogP contribution in [0.5, 0.6) is 0 Å². The zero-order chi connectivity index (χ0) is 14.4. The molecule has 19 heavy (non-hydrogen) atoms. The Labute approximate surface area is 113 Å². The minimum atomic E-state index is -0.876. The zero-order valence-corrected chi connectivity index (χ0v) is 11.6. The predicted octanol–water partition coefficient (Wildman–Crippen LogP) is 0.568. The van der Waals surface area contributed by atoms with Gasteiger partial charge in [0.05, 0.1) is 0 Å². The molecule has 1 atom stereocenters. The molecule has 0 saturated carbocycles. The van der Waals surface area contributed by atoms with Gasteiger partial charge >= 0.3 is 5.97 Å². The molecule has 1 aliphatic rings. The number of carboxylic acid groups (broad SMARTS) is 1. The smallest absolute Gasteiger partial charge is 0.303 e. The molecule has 0 aromatic carbocycles. The Hall–Kier alpha value is -1.59. The molecular formula is C13H22N2O4. The number of nitrogens with zero attached hydrogens (tertiary/aromatic N) is 2. The molecule has 1 heterocycles. The van der Waals surface area contributed by atoms with Crippen LogP contribution in [0.2, 0.25) is 0 Å². The first-order valence-electron chi connectivity index (χ1n) is 6.65. The molecule has 1 fully saturated rings. The molecule has 0 bridgehead atoms. The van der Waals surface area contributed by atoms with Crippen LogP contribution in [0.15, 0.2) is 0 Å². The normalized spacial score (nSPS) is 17.8. The number of carbonyl (C=O) groups excluding carboxylic acids is 2. The topological polar surface area (TPSA) is 77.9 Å². The average molecular weight is 270 g/mol. The molecule has 1 N–H and O–H groups in total. The monoisotopic (exact) mass is 270 g/mol. The van der Waals surface area contributed by atoms with Crippen LogP contribution >= 0.6 is 0 Å². The van der Waals surface area contributed by atoms with Crippen molar-refractivity contribution in [1.82, 2.24) is 9.80 Å². The van der Waals surface area contributed by atoms with Crippen molar-refractivity contribution >= 4 is 17.8 Å². The molecule has 1 saturated heterocycles. The van der Waals surface area contributed by atoms with Gasteiger partial charge in [0.1, 0.15) is 0 Å². The largest absolute Gasteiger partial charge is 0.481 e. The minimum absolute atomic E-state index is 0.0130. The fourth-order valence-corrected chi connectivity index (χ4v) is 2.28. The molecular weight excluding hydrogens is 248 g/mol. The van der Waals surface area contributed by atoms with E-state index < -0.39 is 5.97 Å². The third-order valence-electron chi connectivity index (χ3n) is 3.34. The van der Waals surface area contributed by atoms with Crippen LogP contribution in [0.4, 0.5) is 0 Å². The first-order chi connectivity index (χ1) is 8.90. The summed E-state index contributed by atoms with van der Waals surface area (Å²) in [6, 6.07) is 0. The summed E-state index contributed by atoms with van der Waals surface area (Å²) in [5, 5.41) is 8.68. The van der Waals surface area contributed by atoms with E-state index in [1.165, 1.54) is 6.92 Å². The number of carboxylic acids is 1. The van der Waals surface area contributed by atoms with E-state index in [4.69, 9.17) is 5.11 Å². The third kappa shape index (κ3) is 5.28. The van der Waals surface area contributed by atoms with Crippen molar-refractivity contribution in [3.8, 4) is 0 Å². The summed E-state index contributed by atoms with van der Waals surface area (Å²) >= 11 is 0. The summed E-state index contributed by atoms with van der Waals surface area (Å²) in [7, 11) is 0. The van der Waals surface area contributed by atoms with Crippen molar-refractivity contribution in [2.75, 3.05) is 26.2 Å². The molecule has 2 amide bonds. The van der Waals surface area contributed by atoms with Crippen LogP contribution in [-0.2, 0) is 14.4 Å². The minimum Gasteiger partial charge on any atom is -0.481 e. The lowest BCUT2D eigenvalue weighted by molar-refractivity contribution is -0.139. The number of amides is 2. The fraction of sp³-hybridized carbons (Fsp3) is 0.769. The van der Waals surface area contributed by atoms with Crippen LogP contribution in [0.3, 0.4) is 0 Å². The average Bonchev–Trinajstić information content (AvgIpc) is 2.52. The second kappa shape index (κ2) is 7.11. The molecule has 6 heteroatoms. The summed E-state index contributed by atoms with van der Waals surface area (Å²) in [6.07, 6.45) is 1.05. The second-order valence-electron chi connectivity index (χ2n) is 5.15. The summed E-state index contributed by atoms with van der Waals surface area (Å²) in [6.45, 7) is 5.73. The van der Waals surface area contributed by atoms with Gasteiger partial charge in [0.2, 0.25) is 11.8 Å². The molecule has 1 rings (SSSR count). The maximum atomic E-state index is 12.0. The van der Waals surface area contributed by atoms with Crippen molar-refractivity contribution in [3.05, 3.63) is 0 Å². The van der Waals surface area contributed by atoms with Crippen LogP contribution < -0.4 is 0 Å². The Morgan fingerprint density at radius 3 is 2.21 bits per heavy atom. The lowest BCUT2D eigenvalue weighted by Gasteiger charge is -2.22. The number of hydrogen-bond donors (Lipinski definition) is 1. The Balaban J connectivity index is 2.44. The van der Waals surface area contributed by atoms with Gasteiger partial charge in [-0.1, -0.05) is 6.92 Å². The third-order valence-corrected chi connectivity index (χ3v) is 3.34. The highest BCUT2D eigenvalue weighted by atomic mass is 16.4. The van der Waals surface area contributed by atoms with Crippen molar-refractivity contribution in [3.63, 3.8) is 0 Å². The Bertz CT molecular complexity index is 357. The SMILES string of the molecule is CC(=O)N1CCCN(C(=O)CC(C)CC(=O)O)CC1. The Morgan fingerprint density at radius 1 is 1.05 bits per heavy atom. The highest BCUT2D eigenvalue weighted by molar-refractivity contribution is 5.78. The van der Waals surface area contributed by atoms with E-state index >= 15 is 0 Å². The first kappa shape index (κ1) is 15.5. The van der Waals surface area contributed by atoms with Gasteiger partial charge in [0.15, 0.2) is 0 Å². The van der Waals surface area contributed by atoms with Gasteiger partial charge in [-0.05, 0) is 12.3 Å². The van der Waals surface area contributed by atoms with E-state index in [9.17, 15) is 14.4 Å². The molecule has 0 aromatic rings. The maximum absolute atomic E-state index is 12.0. The lowest BCUT2D eigenvalue weighted by Crippen LogP contribution is -2.37. The van der Waals surface area contributed by atoms with Crippen LogP contribution in [0, 0.1) is 5.92 Å². The number of rotatable bonds is 4. The summed E-state index contributed by atoms with van der Waals surface area (Å²) in [5.74, 6) is -1.01. The number of aliphatic carboxylic acids is 1. The van der Waals surface area contributed by atoms with E-state index in [0.29, 0.717) is 26.2 Å². The lowest BCUT2D eigenvalue weighted by atomic mass is 10.0. The van der Waals surface area contributed by atoms with Crippen LogP contribution in [0.25, 0.3) is 0 Å². The zero-order valence-electron chi connectivity index (χ0n) is 11.6. The van der Waals surface area contributed by atoms with E-state index in [1.54, 1.807) is 16.7 Å². The number of carbonyl (C=O) groups is 3. The van der Waals surface area contributed by atoms with Crippen molar-refractivity contribution in [1.29, 1.82) is 0 Å². The van der Waals surface area contributed by atoms with Gasteiger partial charge < -0.3 is 14.9 Å². The van der Waals surface area contributed by atoms with E-state index in [-0.39, 0.29) is 30.6 Å². The molecule has 0 aliphatic carbocycles. The second-order valence-corrected chi connectivity index (χ2v) is 5.15. The van der Waals surface area contributed by atoms with Crippen LogP contribution in [-0.4, -0.2) is 58.9 Å². The first-order valence-corrected chi connectivity index (χ1v) is 6.65. The van der Waals surface area contributed by atoms with E-state index in [0.717, 1.165) is 6.42 Å². The highest BCUT2D eigenvalue weighted by Crippen LogP contribution is 2.12. The maximum Gasteiger partial charge on any atom is 0.303 e. The van der Waals surface area contributed by atoms with Gasteiger partial charge in [-0.3, -0.25) is 14.4 Å². The summed E-state index contributed by atoms with van der Waals surface area (Å²) in [4.78, 5) is 37.4. The van der Waals surface area contributed by atoms with Gasteiger partial charge in [-0.25, -0.2) is 0 Å². The van der Waals surface area contributed by atoms with Gasteiger partial charge in [0, 0.05) is 45.9 Å². The summed E-state index contributed by atoms with van der Waals surface area (Å²) in [5.41, 5.74) is 0. The van der Waals surface area contributed by atoms with E-state index in [2.05, 4.69) is 0 Å². The molecule has 0 spiro atoms. The van der Waals surface area contributed by atoms with Crippen molar-refractivity contribution < 1.29 is 19.5 Å². The van der Waals surface area contributed by atoms with Crippen molar-refractivity contribution in [2.24, 2.45) is 5.92 Å². The molecule has 0 radical (unpaired) electrons.